The van der Waals surface area contributed by atoms with Crippen molar-refractivity contribution in [2.45, 2.75) is 65.1 Å². The molecule has 0 spiro atoms. The minimum atomic E-state index is -3.59. The lowest BCUT2D eigenvalue weighted by Crippen LogP contribution is -2.50. The summed E-state index contributed by atoms with van der Waals surface area (Å²) in [5, 5.41) is 3.41. The van der Waals surface area contributed by atoms with Gasteiger partial charge in [-0.3, -0.25) is 13.9 Å². The first-order valence-corrected chi connectivity index (χ1v) is 14.7. The monoisotopic (exact) mass is 551 g/mol. The Kier molecular flexibility index (Phi) is 11.7. The first-order valence-electron chi connectivity index (χ1n) is 12.5. The number of nitrogens with zero attached hydrogens (tertiary/aromatic N) is 2. The molecule has 0 fully saturated rings. The maximum Gasteiger partial charge on any atom is 0.243 e. The highest BCUT2D eigenvalue weighted by molar-refractivity contribution is 7.92. The third-order valence-corrected chi connectivity index (χ3v) is 7.55. The summed E-state index contributed by atoms with van der Waals surface area (Å²) in [4.78, 5) is 28.2. The van der Waals surface area contributed by atoms with Crippen LogP contribution in [0.25, 0.3) is 0 Å². The fourth-order valence-corrected chi connectivity index (χ4v) is 5.11. The molecule has 8 nitrogen and oxygen atoms in total. The van der Waals surface area contributed by atoms with E-state index >= 15 is 0 Å². The number of rotatable bonds is 14. The molecule has 0 saturated heterocycles. The summed E-state index contributed by atoms with van der Waals surface area (Å²) in [7, 11) is -2.01. The van der Waals surface area contributed by atoms with Crippen LogP contribution in [0.3, 0.4) is 0 Å². The van der Waals surface area contributed by atoms with E-state index in [9.17, 15) is 18.0 Å². The molecule has 2 unspecified atom stereocenters. The van der Waals surface area contributed by atoms with Crippen molar-refractivity contribution in [3.8, 4) is 5.75 Å². The van der Waals surface area contributed by atoms with Crippen LogP contribution in [0.4, 0.5) is 5.69 Å². The molecule has 2 aromatic carbocycles. The number of sulfonamides is 1. The normalized spacial score (nSPS) is 12.9. The predicted molar refractivity (Wildman–Crippen MR) is 148 cm³/mol. The molecule has 2 aromatic rings. The van der Waals surface area contributed by atoms with Gasteiger partial charge in [-0.1, -0.05) is 43.6 Å². The molecule has 0 aliphatic heterocycles. The SMILES string of the molecule is CCC(C)NC(=O)C(CC)N(Cc1cccc(OC)c1)C(=O)CCCN(c1cccc(Cl)c1)S(C)(=O)=O. The summed E-state index contributed by atoms with van der Waals surface area (Å²) in [5.74, 6) is 0.227. The Hall–Kier alpha value is -2.78. The zero-order valence-corrected chi connectivity index (χ0v) is 23.8. The third kappa shape index (κ3) is 9.23. The van der Waals surface area contributed by atoms with Crippen molar-refractivity contribution in [3.05, 3.63) is 59.1 Å². The smallest absolute Gasteiger partial charge is 0.243 e. The molecule has 2 rings (SSSR count). The van der Waals surface area contributed by atoms with Gasteiger partial charge in [-0.2, -0.15) is 0 Å². The highest BCUT2D eigenvalue weighted by atomic mass is 35.5. The Morgan fingerprint density at radius 3 is 2.38 bits per heavy atom. The number of carbonyl (C=O) groups is 2. The molecule has 10 heteroatoms. The Morgan fingerprint density at radius 2 is 1.78 bits per heavy atom. The van der Waals surface area contributed by atoms with E-state index in [-0.39, 0.29) is 43.8 Å². The van der Waals surface area contributed by atoms with Crippen LogP contribution in [0.15, 0.2) is 48.5 Å². The third-order valence-electron chi connectivity index (χ3n) is 6.12. The molecule has 0 saturated carbocycles. The van der Waals surface area contributed by atoms with Gasteiger partial charge in [0.15, 0.2) is 0 Å². The van der Waals surface area contributed by atoms with Crippen LogP contribution in [-0.2, 0) is 26.2 Å². The second-order valence-electron chi connectivity index (χ2n) is 9.03. The van der Waals surface area contributed by atoms with Gasteiger partial charge in [0, 0.05) is 30.6 Å². The van der Waals surface area contributed by atoms with Crippen LogP contribution in [0.5, 0.6) is 5.75 Å². The van der Waals surface area contributed by atoms with E-state index < -0.39 is 16.1 Å². The highest BCUT2D eigenvalue weighted by Gasteiger charge is 2.29. The number of hydrogen-bond donors (Lipinski definition) is 1. The van der Waals surface area contributed by atoms with Gasteiger partial charge in [0.05, 0.1) is 19.1 Å². The molecular formula is C27H38ClN3O5S. The number of methoxy groups -OCH3 is 1. The van der Waals surface area contributed by atoms with Gasteiger partial charge in [-0.25, -0.2) is 8.42 Å². The van der Waals surface area contributed by atoms with Crippen LogP contribution >= 0.6 is 11.6 Å². The average molecular weight is 552 g/mol. The number of halogens is 1. The minimum Gasteiger partial charge on any atom is -0.497 e. The standard InChI is InChI=1S/C27H38ClN3O5S/c1-6-20(3)29-27(33)25(7-2)30(19-21-11-8-14-24(17-21)36-4)26(32)15-10-16-31(37(5,34)35)23-13-9-12-22(28)18-23/h8-9,11-14,17-18,20,25H,6-7,10,15-16,19H2,1-5H3,(H,29,33). The van der Waals surface area contributed by atoms with Crippen molar-refractivity contribution in [3.63, 3.8) is 0 Å². The minimum absolute atomic E-state index is 0.0173. The molecule has 1 N–H and O–H groups in total. The van der Waals surface area contributed by atoms with Crippen LogP contribution in [0, 0.1) is 0 Å². The van der Waals surface area contributed by atoms with Gasteiger partial charge >= 0.3 is 0 Å². The molecule has 0 aliphatic carbocycles. The van der Waals surface area contributed by atoms with Crippen LogP contribution in [-0.4, -0.2) is 57.1 Å². The predicted octanol–water partition coefficient (Wildman–Crippen LogP) is 4.62. The molecule has 0 bridgehead atoms. The van der Waals surface area contributed by atoms with Crippen molar-refractivity contribution in [1.29, 1.82) is 0 Å². The van der Waals surface area contributed by atoms with Crippen LogP contribution in [0.2, 0.25) is 5.02 Å². The Labute approximate surface area is 226 Å². The summed E-state index contributed by atoms with van der Waals surface area (Å²) < 4.78 is 31.5. The largest absolute Gasteiger partial charge is 0.497 e. The van der Waals surface area contributed by atoms with E-state index in [0.717, 1.165) is 18.2 Å². The number of ether oxygens (including phenoxy) is 1. The number of carbonyl (C=O) groups excluding carboxylic acids is 2. The summed E-state index contributed by atoms with van der Waals surface area (Å²) in [6.07, 6.45) is 2.68. The number of benzene rings is 2. The van der Waals surface area contributed by atoms with Crippen LogP contribution in [0.1, 0.15) is 52.0 Å². The molecule has 0 heterocycles. The van der Waals surface area contributed by atoms with Crippen LogP contribution < -0.4 is 14.4 Å². The Morgan fingerprint density at radius 1 is 1.08 bits per heavy atom. The van der Waals surface area contributed by atoms with Crippen molar-refractivity contribution < 1.29 is 22.7 Å². The van der Waals surface area contributed by atoms with Crippen molar-refractivity contribution in [1.82, 2.24) is 10.2 Å². The fraction of sp³-hybridized carbons (Fsp3) is 0.481. The van der Waals surface area contributed by atoms with Gasteiger partial charge in [0.2, 0.25) is 21.8 Å². The molecule has 0 radical (unpaired) electrons. The Bertz CT molecular complexity index is 1160. The molecule has 0 aromatic heterocycles. The van der Waals surface area contributed by atoms with E-state index in [1.165, 1.54) is 4.31 Å². The van der Waals surface area contributed by atoms with Gasteiger partial charge in [-0.15, -0.1) is 0 Å². The second-order valence-corrected chi connectivity index (χ2v) is 11.4. The molecule has 2 atom stereocenters. The summed E-state index contributed by atoms with van der Waals surface area (Å²) >= 11 is 6.06. The lowest BCUT2D eigenvalue weighted by molar-refractivity contribution is -0.141. The number of amides is 2. The fourth-order valence-electron chi connectivity index (χ4n) is 3.96. The zero-order chi connectivity index (χ0) is 27.6. The van der Waals surface area contributed by atoms with Crippen molar-refractivity contribution >= 4 is 39.1 Å². The van der Waals surface area contributed by atoms with Gasteiger partial charge < -0.3 is 15.0 Å². The molecular weight excluding hydrogens is 514 g/mol. The Balaban J connectivity index is 2.25. The molecule has 204 valence electrons. The molecule has 0 aliphatic rings. The first-order chi connectivity index (χ1) is 17.5. The molecule has 37 heavy (non-hydrogen) atoms. The lowest BCUT2D eigenvalue weighted by Gasteiger charge is -2.32. The van der Waals surface area contributed by atoms with E-state index in [1.807, 2.05) is 45.0 Å². The van der Waals surface area contributed by atoms with E-state index in [1.54, 1.807) is 36.3 Å². The number of hydrogen-bond acceptors (Lipinski definition) is 5. The van der Waals surface area contributed by atoms with Crippen molar-refractivity contribution in [2.75, 3.05) is 24.2 Å². The topological polar surface area (TPSA) is 96.0 Å². The maximum atomic E-state index is 13.5. The number of anilines is 1. The first kappa shape index (κ1) is 30.4. The quantitative estimate of drug-likeness (QED) is 0.370. The van der Waals surface area contributed by atoms with Crippen molar-refractivity contribution in [2.24, 2.45) is 0 Å². The summed E-state index contributed by atoms with van der Waals surface area (Å²) in [6.45, 7) is 6.12. The van der Waals surface area contributed by atoms with Gasteiger partial charge in [-0.05, 0) is 62.1 Å². The maximum absolute atomic E-state index is 13.5. The van der Waals surface area contributed by atoms with E-state index in [2.05, 4.69) is 5.32 Å². The zero-order valence-electron chi connectivity index (χ0n) is 22.2. The van der Waals surface area contributed by atoms with Gasteiger partial charge in [0.1, 0.15) is 11.8 Å². The molecule has 2 amide bonds. The summed E-state index contributed by atoms with van der Waals surface area (Å²) in [6, 6.07) is 13.3. The van der Waals surface area contributed by atoms with E-state index in [4.69, 9.17) is 16.3 Å². The number of nitrogens with one attached hydrogen (secondary N) is 1. The highest BCUT2D eigenvalue weighted by Crippen LogP contribution is 2.23. The lowest BCUT2D eigenvalue weighted by atomic mass is 10.1. The van der Waals surface area contributed by atoms with Gasteiger partial charge in [0.25, 0.3) is 0 Å². The average Bonchev–Trinajstić information content (AvgIpc) is 2.85. The second kappa shape index (κ2) is 14.2. The summed E-state index contributed by atoms with van der Waals surface area (Å²) in [5.41, 5.74) is 1.27. The van der Waals surface area contributed by atoms with E-state index in [0.29, 0.717) is 22.9 Å².